The molecule has 3 N–H and O–H groups in total. The molecule has 22 heavy (non-hydrogen) atoms. The van der Waals surface area contributed by atoms with Gasteiger partial charge in [-0.1, -0.05) is 13.0 Å². The van der Waals surface area contributed by atoms with E-state index in [2.05, 4.69) is 16.0 Å². The fourth-order valence-corrected chi connectivity index (χ4v) is 1.87. The highest BCUT2D eigenvalue weighted by atomic mass is 32.1. The third kappa shape index (κ3) is 6.64. The van der Waals surface area contributed by atoms with E-state index in [9.17, 15) is 9.59 Å². The van der Waals surface area contributed by atoms with Gasteiger partial charge >= 0.3 is 0 Å². The third-order valence-corrected chi connectivity index (χ3v) is 2.97. The van der Waals surface area contributed by atoms with Gasteiger partial charge in [0.1, 0.15) is 0 Å². The van der Waals surface area contributed by atoms with Gasteiger partial charge < -0.3 is 20.7 Å². The molecule has 0 heterocycles. The van der Waals surface area contributed by atoms with Crippen molar-refractivity contribution in [1.29, 1.82) is 0 Å². The topological polar surface area (TPSA) is 79.5 Å². The van der Waals surface area contributed by atoms with E-state index in [1.165, 1.54) is 0 Å². The predicted molar refractivity (Wildman–Crippen MR) is 89.9 cm³/mol. The Bertz CT molecular complexity index is 535. The summed E-state index contributed by atoms with van der Waals surface area (Å²) >= 11 is 5.03. The number of benzene rings is 1. The summed E-state index contributed by atoms with van der Waals surface area (Å²) in [5, 5.41) is 8.44. The van der Waals surface area contributed by atoms with Crippen LogP contribution >= 0.6 is 12.2 Å². The maximum Gasteiger partial charge on any atom is 0.251 e. The smallest absolute Gasteiger partial charge is 0.251 e. The summed E-state index contributed by atoms with van der Waals surface area (Å²) in [7, 11) is 1.62. The first-order valence-corrected chi connectivity index (χ1v) is 7.45. The van der Waals surface area contributed by atoms with Crippen LogP contribution in [0.4, 0.5) is 5.69 Å². The van der Waals surface area contributed by atoms with Gasteiger partial charge in [-0.25, -0.2) is 0 Å². The lowest BCUT2D eigenvalue weighted by Crippen LogP contribution is -2.33. The lowest BCUT2D eigenvalue weighted by molar-refractivity contribution is -0.119. The maximum atomic E-state index is 12.0. The van der Waals surface area contributed by atoms with Gasteiger partial charge in [-0.3, -0.25) is 9.59 Å². The lowest BCUT2D eigenvalue weighted by Gasteiger charge is -2.10. The van der Waals surface area contributed by atoms with Crippen LogP contribution in [-0.2, 0) is 9.53 Å². The van der Waals surface area contributed by atoms with Crippen molar-refractivity contribution in [3.63, 3.8) is 0 Å². The minimum atomic E-state index is -0.164. The third-order valence-electron chi connectivity index (χ3n) is 2.77. The Labute approximate surface area is 135 Å². The van der Waals surface area contributed by atoms with Crippen molar-refractivity contribution in [3.8, 4) is 0 Å². The summed E-state index contributed by atoms with van der Waals surface area (Å²) in [6.07, 6.45) is 1.11. The molecule has 0 atom stereocenters. The summed E-state index contributed by atoms with van der Waals surface area (Å²) in [5.41, 5.74) is 1.16. The van der Waals surface area contributed by atoms with Crippen LogP contribution in [0.3, 0.4) is 0 Å². The van der Waals surface area contributed by atoms with E-state index in [0.717, 1.165) is 6.42 Å². The van der Waals surface area contributed by atoms with Gasteiger partial charge in [0.25, 0.3) is 5.91 Å². The molecule has 0 unspecified atom stereocenters. The molecule has 0 aromatic heterocycles. The van der Waals surface area contributed by atoms with Crippen LogP contribution in [0.1, 0.15) is 30.1 Å². The van der Waals surface area contributed by atoms with Crippen molar-refractivity contribution in [2.45, 2.75) is 19.8 Å². The minimum Gasteiger partial charge on any atom is -0.385 e. The second kappa shape index (κ2) is 9.86. The van der Waals surface area contributed by atoms with Crippen LogP contribution in [0.5, 0.6) is 0 Å². The Morgan fingerprint density at radius 1 is 1.32 bits per heavy atom. The largest absolute Gasteiger partial charge is 0.385 e. The van der Waals surface area contributed by atoms with Gasteiger partial charge in [0.2, 0.25) is 5.91 Å². The molecule has 0 aliphatic carbocycles. The molecular weight excluding hydrogens is 302 g/mol. The van der Waals surface area contributed by atoms with Gasteiger partial charge in [-0.05, 0) is 36.8 Å². The van der Waals surface area contributed by atoms with E-state index in [0.29, 0.717) is 30.8 Å². The Morgan fingerprint density at radius 3 is 2.77 bits per heavy atom. The van der Waals surface area contributed by atoms with E-state index in [-0.39, 0.29) is 16.9 Å². The van der Waals surface area contributed by atoms with Gasteiger partial charge in [-0.15, -0.1) is 0 Å². The van der Waals surface area contributed by atoms with E-state index in [1.54, 1.807) is 38.3 Å². The molecule has 0 saturated heterocycles. The van der Waals surface area contributed by atoms with Crippen molar-refractivity contribution < 1.29 is 14.3 Å². The van der Waals surface area contributed by atoms with Gasteiger partial charge in [-0.2, -0.15) is 0 Å². The van der Waals surface area contributed by atoms with Gasteiger partial charge in [0.05, 0.1) is 0 Å². The first-order chi connectivity index (χ1) is 10.6. The van der Waals surface area contributed by atoms with Crippen LogP contribution in [0, 0.1) is 0 Å². The molecule has 120 valence electrons. The van der Waals surface area contributed by atoms with E-state index in [4.69, 9.17) is 17.0 Å². The number of methoxy groups -OCH3 is 1. The standard InChI is InChI=1S/C15H21N3O3S/c1-3-13(19)18-15(22)17-12-7-4-6-11(10-12)14(20)16-8-5-9-21-2/h4,6-7,10H,3,5,8-9H2,1-2H3,(H,16,20)(H2,17,18,19,22). The van der Waals surface area contributed by atoms with Crippen molar-refractivity contribution in [1.82, 2.24) is 10.6 Å². The van der Waals surface area contributed by atoms with Crippen LogP contribution in [0.2, 0.25) is 0 Å². The minimum absolute atomic E-state index is 0.162. The highest BCUT2D eigenvalue weighted by Gasteiger charge is 2.07. The summed E-state index contributed by atoms with van der Waals surface area (Å²) < 4.78 is 4.92. The quantitative estimate of drug-likeness (QED) is 0.525. The number of ether oxygens (including phenoxy) is 1. The fraction of sp³-hybridized carbons (Fsp3) is 0.400. The van der Waals surface area contributed by atoms with Crippen LogP contribution < -0.4 is 16.0 Å². The number of hydrogen-bond acceptors (Lipinski definition) is 4. The number of nitrogens with one attached hydrogen (secondary N) is 3. The second-order valence-electron chi connectivity index (χ2n) is 4.54. The number of carbonyl (C=O) groups excluding carboxylic acids is 2. The fourth-order valence-electron chi connectivity index (χ4n) is 1.64. The molecule has 7 heteroatoms. The molecule has 0 aliphatic rings. The number of anilines is 1. The molecular formula is C15H21N3O3S. The average molecular weight is 323 g/mol. The Morgan fingerprint density at radius 2 is 2.09 bits per heavy atom. The summed E-state index contributed by atoms with van der Waals surface area (Å²) in [6, 6.07) is 6.91. The Balaban J connectivity index is 2.56. The maximum absolute atomic E-state index is 12.0. The molecule has 0 bridgehead atoms. The summed E-state index contributed by atoms with van der Waals surface area (Å²) in [4.78, 5) is 23.2. The molecule has 2 amide bonds. The van der Waals surface area contributed by atoms with Crippen LogP contribution in [0.15, 0.2) is 24.3 Å². The normalized spacial score (nSPS) is 9.91. The molecule has 0 aliphatic heterocycles. The zero-order valence-corrected chi connectivity index (χ0v) is 13.6. The van der Waals surface area contributed by atoms with Gasteiger partial charge in [0, 0.05) is 37.9 Å². The van der Waals surface area contributed by atoms with Crippen molar-refractivity contribution in [2.75, 3.05) is 25.6 Å². The number of hydrogen-bond donors (Lipinski definition) is 3. The second-order valence-corrected chi connectivity index (χ2v) is 4.95. The number of amides is 2. The molecule has 0 fully saturated rings. The zero-order chi connectivity index (χ0) is 16.4. The SMILES string of the molecule is CCC(=O)NC(=S)Nc1cccc(C(=O)NCCCOC)c1. The predicted octanol–water partition coefficient (Wildman–Crippen LogP) is 1.68. The molecule has 0 radical (unpaired) electrons. The van der Waals surface area contributed by atoms with E-state index < -0.39 is 0 Å². The average Bonchev–Trinajstić information content (AvgIpc) is 2.51. The molecule has 1 rings (SSSR count). The first-order valence-electron chi connectivity index (χ1n) is 7.04. The van der Waals surface area contributed by atoms with Crippen molar-refractivity contribution >= 4 is 34.8 Å². The first kappa shape index (κ1) is 18.1. The summed E-state index contributed by atoms with van der Waals surface area (Å²) in [6.45, 7) is 2.90. The zero-order valence-electron chi connectivity index (χ0n) is 12.8. The van der Waals surface area contributed by atoms with Crippen molar-refractivity contribution in [2.24, 2.45) is 0 Å². The Kier molecular flexibility index (Phi) is 8.09. The monoisotopic (exact) mass is 323 g/mol. The Hall–Kier alpha value is -1.99. The molecule has 0 saturated carbocycles. The number of thiocarbonyl (C=S) groups is 1. The van der Waals surface area contributed by atoms with Gasteiger partial charge in [0.15, 0.2) is 5.11 Å². The van der Waals surface area contributed by atoms with Crippen molar-refractivity contribution in [3.05, 3.63) is 29.8 Å². The summed E-state index contributed by atoms with van der Waals surface area (Å²) in [5.74, 6) is -0.326. The number of carbonyl (C=O) groups is 2. The highest BCUT2D eigenvalue weighted by molar-refractivity contribution is 7.80. The van der Waals surface area contributed by atoms with E-state index in [1.807, 2.05) is 0 Å². The molecule has 1 aromatic carbocycles. The molecule has 0 spiro atoms. The van der Waals surface area contributed by atoms with Crippen LogP contribution in [0.25, 0.3) is 0 Å². The van der Waals surface area contributed by atoms with E-state index >= 15 is 0 Å². The lowest BCUT2D eigenvalue weighted by atomic mass is 10.2. The highest BCUT2D eigenvalue weighted by Crippen LogP contribution is 2.10. The van der Waals surface area contributed by atoms with Crippen LogP contribution in [-0.4, -0.2) is 37.2 Å². The molecule has 1 aromatic rings. The number of rotatable bonds is 7. The molecule has 6 nitrogen and oxygen atoms in total.